The van der Waals surface area contributed by atoms with Crippen LogP contribution in [0.2, 0.25) is 0 Å². The highest BCUT2D eigenvalue weighted by atomic mass is 19.1. The number of hydrogen-bond donors (Lipinski definition) is 2. The number of aromatic nitrogens is 4. The molecular weight excluding hydrogens is 297 g/mol. The molecule has 0 atom stereocenters. The van der Waals surface area contributed by atoms with Crippen molar-refractivity contribution in [1.82, 2.24) is 20.0 Å². The van der Waals surface area contributed by atoms with Crippen LogP contribution in [-0.4, -0.2) is 25.9 Å². The van der Waals surface area contributed by atoms with Gasteiger partial charge in [-0.25, -0.2) is 4.39 Å². The second kappa shape index (κ2) is 6.04. The molecule has 7 heteroatoms. The van der Waals surface area contributed by atoms with Crippen LogP contribution in [0.15, 0.2) is 36.5 Å². The molecule has 0 bridgehead atoms. The Balaban J connectivity index is 1.78. The van der Waals surface area contributed by atoms with E-state index >= 15 is 0 Å². The van der Waals surface area contributed by atoms with Crippen LogP contribution < -0.4 is 5.32 Å². The van der Waals surface area contributed by atoms with Crippen molar-refractivity contribution in [3.8, 4) is 11.3 Å². The van der Waals surface area contributed by atoms with Crippen molar-refractivity contribution in [2.75, 3.05) is 5.32 Å². The van der Waals surface area contributed by atoms with Gasteiger partial charge in [0.1, 0.15) is 11.5 Å². The summed E-state index contributed by atoms with van der Waals surface area (Å²) in [6.45, 7) is 4.61. The van der Waals surface area contributed by atoms with Crippen molar-refractivity contribution >= 4 is 11.6 Å². The van der Waals surface area contributed by atoms with Crippen LogP contribution in [0.25, 0.3) is 11.3 Å². The molecule has 6 nitrogen and oxygen atoms in total. The van der Waals surface area contributed by atoms with Crippen LogP contribution in [-0.2, 0) is 6.54 Å². The second-order valence-corrected chi connectivity index (χ2v) is 5.09. The van der Waals surface area contributed by atoms with E-state index in [-0.39, 0.29) is 11.7 Å². The Morgan fingerprint density at radius 1 is 1.35 bits per heavy atom. The van der Waals surface area contributed by atoms with E-state index in [1.807, 2.05) is 13.8 Å². The Hall–Kier alpha value is -2.96. The Morgan fingerprint density at radius 3 is 2.74 bits per heavy atom. The molecule has 1 amide bonds. The van der Waals surface area contributed by atoms with Crippen molar-refractivity contribution in [2.24, 2.45) is 0 Å². The molecule has 3 aromatic rings. The molecule has 118 valence electrons. The number of halogens is 1. The summed E-state index contributed by atoms with van der Waals surface area (Å²) in [4.78, 5) is 12.3. The summed E-state index contributed by atoms with van der Waals surface area (Å²) in [5.74, 6) is -0.615. The summed E-state index contributed by atoms with van der Waals surface area (Å²) >= 11 is 0. The maximum Gasteiger partial charge on any atom is 0.273 e. The second-order valence-electron chi connectivity index (χ2n) is 5.09. The van der Waals surface area contributed by atoms with Crippen LogP contribution >= 0.6 is 0 Å². The first-order valence-corrected chi connectivity index (χ1v) is 7.23. The number of anilines is 1. The number of carbonyl (C=O) groups excluding carboxylic acids is 1. The summed E-state index contributed by atoms with van der Waals surface area (Å²) in [5.41, 5.74) is 3.19. The minimum Gasteiger partial charge on any atom is -0.318 e. The van der Waals surface area contributed by atoms with E-state index in [2.05, 4.69) is 20.6 Å². The Morgan fingerprint density at radius 2 is 2.09 bits per heavy atom. The maximum absolute atomic E-state index is 12.9. The number of carbonyl (C=O) groups is 1. The highest BCUT2D eigenvalue weighted by Crippen LogP contribution is 2.19. The number of H-pyrrole nitrogens is 1. The lowest BCUT2D eigenvalue weighted by Gasteiger charge is -2.03. The molecular formula is C16H16FN5O. The number of hydrogen-bond acceptors (Lipinski definition) is 3. The van der Waals surface area contributed by atoms with E-state index in [1.54, 1.807) is 29.1 Å². The molecule has 0 aliphatic heterocycles. The summed E-state index contributed by atoms with van der Waals surface area (Å²) in [6, 6.07) is 7.56. The van der Waals surface area contributed by atoms with Gasteiger partial charge >= 0.3 is 0 Å². The van der Waals surface area contributed by atoms with Gasteiger partial charge in [0.2, 0.25) is 0 Å². The molecule has 0 saturated heterocycles. The van der Waals surface area contributed by atoms with E-state index in [0.29, 0.717) is 17.1 Å². The lowest BCUT2D eigenvalue weighted by molar-refractivity contribution is 0.102. The third-order valence-corrected chi connectivity index (χ3v) is 3.61. The van der Waals surface area contributed by atoms with Gasteiger partial charge in [-0.05, 0) is 44.2 Å². The summed E-state index contributed by atoms with van der Waals surface area (Å²) in [7, 11) is 0. The lowest BCUT2D eigenvalue weighted by Crippen LogP contribution is -2.13. The first kappa shape index (κ1) is 15.0. The summed E-state index contributed by atoms with van der Waals surface area (Å²) in [5, 5.41) is 13.8. The molecule has 0 saturated carbocycles. The molecule has 0 aliphatic carbocycles. The number of benzene rings is 1. The SMILES string of the molecule is CCn1ncc(NC(=O)c2cc(-c3ccc(F)cc3)n[nH]2)c1C. The minimum atomic E-state index is -0.314. The maximum atomic E-state index is 12.9. The first-order valence-electron chi connectivity index (χ1n) is 7.23. The number of aryl methyl sites for hydroxylation is 1. The minimum absolute atomic E-state index is 0.301. The number of rotatable bonds is 4. The van der Waals surface area contributed by atoms with Gasteiger partial charge in [0.25, 0.3) is 5.91 Å². The number of nitrogens with zero attached hydrogens (tertiary/aromatic N) is 3. The van der Waals surface area contributed by atoms with Gasteiger partial charge in [0, 0.05) is 12.1 Å². The molecule has 1 aromatic carbocycles. The zero-order valence-corrected chi connectivity index (χ0v) is 12.8. The lowest BCUT2D eigenvalue weighted by atomic mass is 10.1. The highest BCUT2D eigenvalue weighted by Gasteiger charge is 2.14. The van der Waals surface area contributed by atoms with Crippen LogP contribution in [0.1, 0.15) is 23.1 Å². The summed E-state index contributed by atoms with van der Waals surface area (Å²) in [6.07, 6.45) is 1.62. The molecule has 23 heavy (non-hydrogen) atoms. The van der Waals surface area contributed by atoms with Gasteiger partial charge in [-0.2, -0.15) is 10.2 Å². The quantitative estimate of drug-likeness (QED) is 0.777. The fourth-order valence-corrected chi connectivity index (χ4v) is 2.28. The van der Waals surface area contributed by atoms with Crippen LogP contribution in [0.4, 0.5) is 10.1 Å². The predicted molar refractivity (Wildman–Crippen MR) is 84.6 cm³/mol. The Bertz CT molecular complexity index is 835. The van der Waals surface area contributed by atoms with E-state index in [9.17, 15) is 9.18 Å². The average molecular weight is 313 g/mol. The Kier molecular flexibility index (Phi) is 3.92. The van der Waals surface area contributed by atoms with Crippen molar-refractivity contribution in [3.63, 3.8) is 0 Å². The van der Waals surface area contributed by atoms with Crippen LogP contribution in [0.3, 0.4) is 0 Å². The number of nitrogens with one attached hydrogen (secondary N) is 2. The fraction of sp³-hybridized carbons (Fsp3) is 0.188. The first-order chi connectivity index (χ1) is 11.1. The van der Waals surface area contributed by atoms with E-state index < -0.39 is 0 Å². The molecule has 0 spiro atoms. The standard InChI is InChI=1S/C16H16FN5O/c1-3-22-10(2)15(9-18-22)19-16(23)14-8-13(20-21-14)11-4-6-12(17)7-5-11/h4-9H,3H2,1-2H3,(H,19,23)(H,20,21). The number of aromatic amines is 1. The molecule has 3 rings (SSSR count). The largest absolute Gasteiger partial charge is 0.318 e. The predicted octanol–water partition coefficient (Wildman–Crippen LogP) is 2.99. The summed E-state index contributed by atoms with van der Waals surface area (Å²) < 4.78 is 14.7. The van der Waals surface area contributed by atoms with E-state index in [4.69, 9.17) is 0 Å². The Labute approximate surface area is 132 Å². The topological polar surface area (TPSA) is 75.6 Å². The monoisotopic (exact) mass is 313 g/mol. The van der Waals surface area contributed by atoms with Gasteiger partial charge in [-0.3, -0.25) is 14.6 Å². The number of amides is 1. The molecule has 2 N–H and O–H groups in total. The van der Waals surface area contributed by atoms with Crippen molar-refractivity contribution < 1.29 is 9.18 Å². The average Bonchev–Trinajstić information content (AvgIpc) is 3.16. The fourth-order valence-electron chi connectivity index (χ4n) is 2.28. The molecule has 2 heterocycles. The van der Waals surface area contributed by atoms with Gasteiger partial charge in [-0.15, -0.1) is 0 Å². The van der Waals surface area contributed by atoms with Crippen molar-refractivity contribution in [2.45, 2.75) is 20.4 Å². The zero-order valence-electron chi connectivity index (χ0n) is 12.8. The zero-order chi connectivity index (χ0) is 16.4. The normalized spacial score (nSPS) is 10.7. The smallest absolute Gasteiger partial charge is 0.273 e. The van der Waals surface area contributed by atoms with Crippen LogP contribution in [0, 0.1) is 12.7 Å². The van der Waals surface area contributed by atoms with Crippen LogP contribution in [0.5, 0.6) is 0 Å². The highest BCUT2D eigenvalue weighted by molar-refractivity contribution is 6.03. The molecule has 2 aromatic heterocycles. The van der Waals surface area contributed by atoms with Crippen molar-refractivity contribution in [3.05, 3.63) is 53.7 Å². The van der Waals surface area contributed by atoms with E-state index in [1.165, 1.54) is 12.1 Å². The van der Waals surface area contributed by atoms with Gasteiger partial charge in [0.05, 0.1) is 23.3 Å². The molecule has 0 unspecified atom stereocenters. The third-order valence-electron chi connectivity index (χ3n) is 3.61. The molecule has 0 fully saturated rings. The van der Waals surface area contributed by atoms with Gasteiger partial charge in [0.15, 0.2) is 0 Å². The third kappa shape index (κ3) is 2.98. The van der Waals surface area contributed by atoms with Gasteiger partial charge < -0.3 is 5.32 Å². The molecule has 0 radical (unpaired) electrons. The van der Waals surface area contributed by atoms with E-state index in [0.717, 1.165) is 17.8 Å². The molecule has 0 aliphatic rings. The van der Waals surface area contributed by atoms with Crippen molar-refractivity contribution in [1.29, 1.82) is 0 Å². The van der Waals surface area contributed by atoms with Gasteiger partial charge in [-0.1, -0.05) is 0 Å².